The third-order valence-electron chi connectivity index (χ3n) is 3.27. The second-order valence-corrected chi connectivity index (χ2v) is 5.85. The highest BCUT2D eigenvalue weighted by molar-refractivity contribution is 5.76. The predicted octanol–water partition coefficient (Wildman–Crippen LogP) is 2.67. The van der Waals surface area contributed by atoms with Gasteiger partial charge in [0.1, 0.15) is 0 Å². The monoisotopic (exact) mass is 263 g/mol. The Morgan fingerprint density at radius 2 is 2.05 bits per heavy atom. The molecule has 0 radical (unpaired) electrons. The fourth-order valence-electron chi connectivity index (χ4n) is 2.28. The number of methoxy groups -OCH3 is 1. The molecule has 106 valence electrons. The molecule has 1 aromatic carbocycles. The van der Waals surface area contributed by atoms with Gasteiger partial charge in [-0.05, 0) is 39.8 Å². The molecule has 0 heterocycles. The molecule has 19 heavy (non-hydrogen) atoms. The Morgan fingerprint density at radius 1 is 1.37 bits per heavy atom. The molecule has 0 spiro atoms. The lowest BCUT2D eigenvalue weighted by Crippen LogP contribution is -2.38. The lowest BCUT2D eigenvalue weighted by molar-refractivity contribution is -0.151. The first kappa shape index (κ1) is 15.7. The molecule has 0 amide bonds. The highest BCUT2D eigenvalue weighted by atomic mass is 16.5. The summed E-state index contributed by atoms with van der Waals surface area (Å²) in [6, 6.07) is 8.54. The van der Waals surface area contributed by atoms with Crippen LogP contribution in [0.3, 0.4) is 0 Å². The van der Waals surface area contributed by atoms with Crippen molar-refractivity contribution in [2.75, 3.05) is 27.2 Å². The van der Waals surface area contributed by atoms with Crippen LogP contribution in [0.15, 0.2) is 24.3 Å². The Labute approximate surface area is 116 Å². The summed E-state index contributed by atoms with van der Waals surface area (Å²) < 4.78 is 4.83. The van der Waals surface area contributed by atoms with E-state index in [1.165, 1.54) is 18.2 Å². The van der Waals surface area contributed by atoms with Gasteiger partial charge in [-0.25, -0.2) is 0 Å². The standard InChI is InChI=1S/C16H25NO2/c1-13-7-6-8-14(11-13)9-10-17(4)12-16(2,3)15(18)19-5/h6-8,11H,9-10,12H2,1-5H3. The first-order valence-corrected chi connectivity index (χ1v) is 6.67. The summed E-state index contributed by atoms with van der Waals surface area (Å²) in [6.45, 7) is 7.58. The van der Waals surface area contributed by atoms with Crippen LogP contribution in [0.5, 0.6) is 0 Å². The Morgan fingerprint density at radius 3 is 2.63 bits per heavy atom. The van der Waals surface area contributed by atoms with Gasteiger partial charge in [0.15, 0.2) is 0 Å². The van der Waals surface area contributed by atoms with Gasteiger partial charge in [-0.15, -0.1) is 0 Å². The minimum absolute atomic E-state index is 0.157. The fraction of sp³-hybridized carbons (Fsp3) is 0.562. The molecular formula is C16H25NO2. The SMILES string of the molecule is COC(=O)C(C)(C)CN(C)CCc1cccc(C)c1. The second-order valence-electron chi connectivity index (χ2n) is 5.85. The summed E-state index contributed by atoms with van der Waals surface area (Å²) in [5.41, 5.74) is 2.16. The van der Waals surface area contributed by atoms with Crippen molar-refractivity contribution in [1.29, 1.82) is 0 Å². The number of benzene rings is 1. The fourth-order valence-corrected chi connectivity index (χ4v) is 2.28. The Bertz CT molecular complexity index is 427. The van der Waals surface area contributed by atoms with Gasteiger partial charge in [0.05, 0.1) is 12.5 Å². The largest absolute Gasteiger partial charge is 0.469 e. The van der Waals surface area contributed by atoms with Gasteiger partial charge in [-0.1, -0.05) is 29.8 Å². The topological polar surface area (TPSA) is 29.5 Å². The molecule has 0 aromatic heterocycles. The number of likely N-dealkylation sites (N-methyl/N-ethyl adjacent to an activating group) is 1. The molecule has 3 heteroatoms. The Hall–Kier alpha value is -1.35. The van der Waals surface area contributed by atoms with E-state index < -0.39 is 5.41 Å². The van der Waals surface area contributed by atoms with Gasteiger partial charge in [-0.3, -0.25) is 4.79 Å². The van der Waals surface area contributed by atoms with Gasteiger partial charge in [0, 0.05) is 13.1 Å². The normalized spacial score (nSPS) is 11.7. The van der Waals surface area contributed by atoms with Crippen LogP contribution in [0.2, 0.25) is 0 Å². The predicted molar refractivity (Wildman–Crippen MR) is 78.2 cm³/mol. The van der Waals surface area contributed by atoms with E-state index in [4.69, 9.17) is 4.74 Å². The maximum atomic E-state index is 11.6. The zero-order valence-corrected chi connectivity index (χ0v) is 12.7. The van der Waals surface area contributed by atoms with E-state index in [1.54, 1.807) is 0 Å². The van der Waals surface area contributed by atoms with Crippen LogP contribution in [0.4, 0.5) is 0 Å². The number of hydrogen-bond acceptors (Lipinski definition) is 3. The van der Waals surface area contributed by atoms with Crippen LogP contribution < -0.4 is 0 Å². The van der Waals surface area contributed by atoms with Gasteiger partial charge in [0.25, 0.3) is 0 Å². The van der Waals surface area contributed by atoms with Gasteiger partial charge in [-0.2, -0.15) is 0 Å². The number of ether oxygens (including phenoxy) is 1. The zero-order valence-electron chi connectivity index (χ0n) is 12.7. The van der Waals surface area contributed by atoms with E-state index in [9.17, 15) is 4.79 Å². The summed E-state index contributed by atoms with van der Waals surface area (Å²) in [4.78, 5) is 13.8. The van der Waals surface area contributed by atoms with Crippen LogP contribution in [0.1, 0.15) is 25.0 Å². The van der Waals surface area contributed by atoms with E-state index in [1.807, 2.05) is 20.9 Å². The van der Waals surface area contributed by atoms with Crippen molar-refractivity contribution in [2.45, 2.75) is 27.2 Å². The van der Waals surface area contributed by atoms with Crippen LogP contribution in [-0.4, -0.2) is 38.1 Å². The molecule has 0 fully saturated rings. The lowest BCUT2D eigenvalue weighted by atomic mass is 9.93. The minimum Gasteiger partial charge on any atom is -0.469 e. The van der Waals surface area contributed by atoms with Crippen LogP contribution in [0, 0.1) is 12.3 Å². The quantitative estimate of drug-likeness (QED) is 0.739. The van der Waals surface area contributed by atoms with Crippen LogP contribution >= 0.6 is 0 Å². The third-order valence-corrected chi connectivity index (χ3v) is 3.27. The van der Waals surface area contributed by atoms with Crippen LogP contribution in [0.25, 0.3) is 0 Å². The molecule has 0 aliphatic heterocycles. The first-order valence-electron chi connectivity index (χ1n) is 6.67. The minimum atomic E-state index is -0.462. The van der Waals surface area contributed by atoms with E-state index in [-0.39, 0.29) is 5.97 Å². The summed E-state index contributed by atoms with van der Waals surface area (Å²) in [7, 11) is 3.48. The maximum Gasteiger partial charge on any atom is 0.312 e. The Balaban J connectivity index is 2.48. The third kappa shape index (κ3) is 5.03. The van der Waals surface area contributed by atoms with Crippen molar-refractivity contribution < 1.29 is 9.53 Å². The van der Waals surface area contributed by atoms with Gasteiger partial charge >= 0.3 is 5.97 Å². The number of aryl methyl sites for hydroxylation is 1. The molecule has 0 bridgehead atoms. The molecule has 0 N–H and O–H groups in total. The van der Waals surface area contributed by atoms with Crippen molar-refractivity contribution in [1.82, 2.24) is 4.90 Å². The van der Waals surface area contributed by atoms with Crippen molar-refractivity contribution in [3.8, 4) is 0 Å². The summed E-state index contributed by atoms with van der Waals surface area (Å²) in [5.74, 6) is -0.157. The molecule has 0 saturated carbocycles. The Kier molecular flexibility index (Phi) is 5.55. The number of esters is 1. The number of carbonyl (C=O) groups is 1. The number of carbonyl (C=O) groups excluding carboxylic acids is 1. The lowest BCUT2D eigenvalue weighted by Gasteiger charge is -2.27. The number of hydrogen-bond donors (Lipinski definition) is 0. The molecule has 1 rings (SSSR count). The van der Waals surface area contributed by atoms with Crippen molar-refractivity contribution in [2.24, 2.45) is 5.41 Å². The second kappa shape index (κ2) is 6.71. The van der Waals surface area contributed by atoms with Crippen LogP contribution in [-0.2, 0) is 16.0 Å². The molecule has 0 unspecified atom stereocenters. The van der Waals surface area contributed by atoms with Crippen molar-refractivity contribution in [3.63, 3.8) is 0 Å². The molecule has 0 aliphatic carbocycles. The summed E-state index contributed by atoms with van der Waals surface area (Å²) in [5, 5.41) is 0. The smallest absolute Gasteiger partial charge is 0.312 e. The summed E-state index contributed by atoms with van der Waals surface area (Å²) >= 11 is 0. The van der Waals surface area contributed by atoms with E-state index in [0.717, 1.165) is 13.0 Å². The molecule has 0 saturated heterocycles. The molecule has 3 nitrogen and oxygen atoms in total. The number of rotatable bonds is 6. The molecule has 0 aliphatic rings. The molecule has 1 aromatic rings. The van der Waals surface area contributed by atoms with Gasteiger partial charge in [0.2, 0.25) is 0 Å². The zero-order chi connectivity index (χ0) is 14.5. The first-order chi connectivity index (χ1) is 8.85. The number of nitrogens with zero attached hydrogens (tertiary/aromatic N) is 1. The maximum absolute atomic E-state index is 11.6. The van der Waals surface area contributed by atoms with E-state index in [2.05, 4.69) is 36.1 Å². The van der Waals surface area contributed by atoms with Crippen molar-refractivity contribution in [3.05, 3.63) is 35.4 Å². The average molecular weight is 263 g/mol. The molecule has 0 atom stereocenters. The average Bonchev–Trinajstić information content (AvgIpc) is 2.35. The van der Waals surface area contributed by atoms with E-state index >= 15 is 0 Å². The van der Waals surface area contributed by atoms with E-state index in [0.29, 0.717) is 6.54 Å². The highest BCUT2D eigenvalue weighted by Crippen LogP contribution is 2.18. The van der Waals surface area contributed by atoms with Gasteiger partial charge < -0.3 is 9.64 Å². The summed E-state index contributed by atoms with van der Waals surface area (Å²) in [6.07, 6.45) is 0.995. The molecular weight excluding hydrogens is 238 g/mol. The van der Waals surface area contributed by atoms with Crippen molar-refractivity contribution >= 4 is 5.97 Å². The highest BCUT2D eigenvalue weighted by Gasteiger charge is 2.29.